The number of carbonyl (C=O) groups is 1. The van der Waals surface area contributed by atoms with Gasteiger partial charge in [0.05, 0.1) is 4.92 Å². The molecule has 2 aliphatic rings. The minimum absolute atomic E-state index is 0.0856. The van der Waals surface area contributed by atoms with Crippen LogP contribution in [0.4, 0.5) is 14.9 Å². The Morgan fingerprint density at radius 1 is 0.974 bits per heavy atom. The van der Waals surface area contributed by atoms with Crippen LogP contribution in [-0.2, 0) is 10.3 Å². The molecule has 0 aromatic heterocycles. The molecule has 1 unspecified atom stereocenters. The van der Waals surface area contributed by atoms with Gasteiger partial charge in [0.25, 0.3) is 5.69 Å². The first-order chi connectivity index (χ1) is 18.9. The fourth-order valence-electron chi connectivity index (χ4n) is 5.28. The molecule has 4 aromatic rings. The third kappa shape index (κ3) is 4.55. The van der Waals surface area contributed by atoms with Gasteiger partial charge >= 0.3 is 6.09 Å². The lowest BCUT2D eigenvalue weighted by Crippen LogP contribution is -2.30. The van der Waals surface area contributed by atoms with Crippen LogP contribution >= 0.6 is 11.8 Å². The lowest BCUT2D eigenvalue weighted by molar-refractivity contribution is -0.384. The van der Waals surface area contributed by atoms with Crippen LogP contribution in [0.5, 0.6) is 0 Å². The molecule has 1 aliphatic heterocycles. The number of fused-ring (bicyclic) bond motifs is 3. The number of rotatable bonds is 5. The molecule has 0 spiro atoms. The maximum Gasteiger partial charge on any atom is 0.413 e. The maximum absolute atomic E-state index is 14.2. The van der Waals surface area contributed by atoms with Crippen molar-refractivity contribution in [1.82, 2.24) is 5.32 Å². The highest BCUT2D eigenvalue weighted by molar-refractivity contribution is 8.14. The molecule has 0 fully saturated rings. The van der Waals surface area contributed by atoms with Crippen LogP contribution in [-0.4, -0.2) is 28.5 Å². The van der Waals surface area contributed by atoms with Gasteiger partial charge in [0.1, 0.15) is 18.0 Å². The third-order valence-electron chi connectivity index (χ3n) is 7.10. The summed E-state index contributed by atoms with van der Waals surface area (Å²) in [7, 11) is 0. The summed E-state index contributed by atoms with van der Waals surface area (Å²) in [6, 6.07) is 28.3. The fourth-order valence-corrected chi connectivity index (χ4v) is 6.40. The topological polar surface area (TPSA) is 93.8 Å². The number of hydrogen-bond acceptors (Lipinski definition) is 6. The van der Waals surface area contributed by atoms with Crippen molar-refractivity contribution < 1.29 is 18.8 Å². The van der Waals surface area contributed by atoms with E-state index in [-0.39, 0.29) is 18.2 Å². The first-order valence-electron chi connectivity index (χ1n) is 12.3. The number of aliphatic imine (C=N–C) groups is 1. The molecule has 1 N–H and O–H groups in total. The zero-order chi connectivity index (χ0) is 27.0. The van der Waals surface area contributed by atoms with Gasteiger partial charge in [-0.25, -0.2) is 14.2 Å². The van der Waals surface area contributed by atoms with E-state index < -0.39 is 22.4 Å². The van der Waals surface area contributed by atoms with Crippen molar-refractivity contribution in [3.8, 4) is 11.1 Å². The Hall–Kier alpha value is -4.50. The Morgan fingerprint density at radius 3 is 2.28 bits per heavy atom. The minimum atomic E-state index is -1.12. The Morgan fingerprint density at radius 2 is 1.62 bits per heavy atom. The van der Waals surface area contributed by atoms with Crippen molar-refractivity contribution in [2.24, 2.45) is 4.99 Å². The number of alkyl carbamates (subject to hydrolysis) is 1. The number of nitrogens with zero attached hydrogens (tertiary/aromatic N) is 2. The lowest BCUT2D eigenvalue weighted by atomic mass is 9.85. The van der Waals surface area contributed by atoms with Gasteiger partial charge in [0, 0.05) is 23.8 Å². The van der Waals surface area contributed by atoms with Crippen molar-refractivity contribution in [2.45, 2.75) is 11.5 Å². The fraction of sp³-hybridized carbons (Fsp3) is 0.133. The van der Waals surface area contributed by atoms with E-state index in [0.717, 1.165) is 22.3 Å². The number of benzene rings is 4. The van der Waals surface area contributed by atoms with Crippen molar-refractivity contribution in [1.29, 1.82) is 0 Å². The van der Waals surface area contributed by atoms with E-state index in [1.165, 1.54) is 36.0 Å². The molecule has 0 saturated carbocycles. The number of nitro groups is 1. The van der Waals surface area contributed by atoms with E-state index >= 15 is 0 Å². The number of hydrogen-bond donors (Lipinski definition) is 1. The predicted molar refractivity (Wildman–Crippen MR) is 148 cm³/mol. The Balaban J connectivity index is 1.25. The number of nitrogens with one attached hydrogen (secondary N) is 1. The molecule has 194 valence electrons. The number of nitro benzene ring substituents is 1. The van der Waals surface area contributed by atoms with Crippen molar-refractivity contribution in [2.75, 3.05) is 12.4 Å². The molecule has 0 bridgehead atoms. The molecule has 9 heteroatoms. The summed E-state index contributed by atoms with van der Waals surface area (Å²) in [5, 5.41) is 14.5. The molecule has 1 amide bonds. The average Bonchev–Trinajstić information content (AvgIpc) is 3.52. The largest absolute Gasteiger partial charge is 0.448 e. The van der Waals surface area contributed by atoms with Crippen LogP contribution in [0.1, 0.15) is 28.2 Å². The van der Waals surface area contributed by atoms with Gasteiger partial charge in [-0.2, -0.15) is 0 Å². The maximum atomic E-state index is 14.2. The monoisotopic (exact) mass is 539 g/mol. The van der Waals surface area contributed by atoms with Gasteiger partial charge in [0.15, 0.2) is 5.17 Å². The Kier molecular flexibility index (Phi) is 6.36. The van der Waals surface area contributed by atoms with Crippen LogP contribution in [0, 0.1) is 15.9 Å². The van der Waals surface area contributed by atoms with Gasteiger partial charge in [0.2, 0.25) is 0 Å². The molecule has 1 heterocycles. The molecule has 4 aromatic carbocycles. The molecule has 1 atom stereocenters. The first kappa shape index (κ1) is 24.8. The number of halogens is 1. The SMILES string of the molecule is O=C(NC1=NC(c2cccc(F)c2)(c2cccc([N+](=O)[O-])c2)CS1)OCC1c2ccccc2-c2ccccc21. The lowest BCUT2D eigenvalue weighted by Gasteiger charge is -2.26. The number of thioether (sulfide) groups is 1. The number of amides is 1. The summed E-state index contributed by atoms with van der Waals surface area (Å²) in [5.74, 6) is -0.218. The number of non-ortho nitro benzene ring substituents is 1. The van der Waals surface area contributed by atoms with E-state index in [1.807, 2.05) is 36.4 Å². The second-order valence-electron chi connectivity index (χ2n) is 9.33. The second kappa shape index (κ2) is 9.99. The zero-order valence-electron chi connectivity index (χ0n) is 20.5. The van der Waals surface area contributed by atoms with E-state index in [1.54, 1.807) is 24.3 Å². The summed E-state index contributed by atoms with van der Waals surface area (Å²) < 4.78 is 19.9. The molecule has 6 rings (SSSR count). The Labute approximate surface area is 227 Å². The first-order valence-corrected chi connectivity index (χ1v) is 13.3. The molecule has 39 heavy (non-hydrogen) atoms. The van der Waals surface area contributed by atoms with Gasteiger partial charge in [-0.05, 0) is 45.5 Å². The normalized spacial score (nSPS) is 17.7. The Bertz CT molecular complexity index is 1600. The summed E-state index contributed by atoms with van der Waals surface area (Å²) in [4.78, 5) is 28.6. The van der Waals surface area contributed by atoms with E-state index in [9.17, 15) is 19.3 Å². The predicted octanol–water partition coefficient (Wildman–Crippen LogP) is 6.62. The number of amidine groups is 1. The van der Waals surface area contributed by atoms with Gasteiger partial charge < -0.3 is 4.74 Å². The van der Waals surface area contributed by atoms with Crippen molar-refractivity contribution >= 4 is 28.7 Å². The van der Waals surface area contributed by atoms with E-state index in [2.05, 4.69) is 17.4 Å². The average molecular weight is 540 g/mol. The second-order valence-corrected chi connectivity index (χ2v) is 10.3. The van der Waals surface area contributed by atoms with Gasteiger partial charge in [-0.15, -0.1) is 0 Å². The molecular formula is C30H22FN3O4S. The van der Waals surface area contributed by atoms with E-state index in [4.69, 9.17) is 9.73 Å². The molecule has 7 nitrogen and oxygen atoms in total. The third-order valence-corrected chi connectivity index (χ3v) is 8.13. The summed E-state index contributed by atoms with van der Waals surface area (Å²) in [6.45, 7) is 0.151. The summed E-state index contributed by atoms with van der Waals surface area (Å²) in [6.07, 6.45) is -0.655. The van der Waals surface area contributed by atoms with Crippen LogP contribution in [0.3, 0.4) is 0 Å². The quantitative estimate of drug-likeness (QED) is 0.227. The highest BCUT2D eigenvalue weighted by Gasteiger charge is 2.41. The van der Waals surface area contributed by atoms with Crippen molar-refractivity contribution in [3.05, 3.63) is 135 Å². The molecular weight excluding hydrogens is 517 g/mol. The van der Waals surface area contributed by atoms with Gasteiger partial charge in [-0.3, -0.25) is 15.4 Å². The van der Waals surface area contributed by atoms with Crippen LogP contribution in [0.15, 0.2) is 102 Å². The highest BCUT2D eigenvalue weighted by Crippen LogP contribution is 2.45. The van der Waals surface area contributed by atoms with Crippen molar-refractivity contribution in [3.63, 3.8) is 0 Å². The summed E-state index contributed by atoms with van der Waals surface area (Å²) in [5.41, 5.74) is 4.32. The number of ether oxygens (including phenoxy) is 1. The smallest absolute Gasteiger partial charge is 0.413 e. The minimum Gasteiger partial charge on any atom is -0.448 e. The summed E-state index contributed by atoms with van der Waals surface area (Å²) >= 11 is 1.27. The van der Waals surface area contributed by atoms with Crippen LogP contribution < -0.4 is 5.32 Å². The zero-order valence-corrected chi connectivity index (χ0v) is 21.4. The van der Waals surface area contributed by atoms with Crippen LogP contribution in [0.25, 0.3) is 11.1 Å². The number of carbonyl (C=O) groups excluding carboxylic acids is 1. The van der Waals surface area contributed by atoms with Gasteiger partial charge in [-0.1, -0.05) is 84.6 Å². The van der Waals surface area contributed by atoms with E-state index in [0.29, 0.717) is 22.0 Å². The highest BCUT2D eigenvalue weighted by atomic mass is 32.2. The molecule has 0 radical (unpaired) electrons. The van der Waals surface area contributed by atoms with Crippen LogP contribution in [0.2, 0.25) is 0 Å². The molecule has 1 aliphatic carbocycles. The molecule has 0 saturated heterocycles. The standard InChI is InChI=1S/C30H22FN3O4S/c31-21-9-5-7-19(15-21)30(20-8-6-10-22(16-20)34(36)37)18-39-28(33-30)32-29(35)38-17-27-25-13-3-1-11-23(25)24-12-2-4-14-26(24)27/h1-16,27H,17-18H2,(H,32,33,35).